The minimum absolute atomic E-state index is 0.0679. The smallest absolute Gasteiger partial charge is 0.375 e. The predicted octanol–water partition coefficient (Wildman–Crippen LogP) is 5.07. The topological polar surface area (TPSA) is 73.6 Å². The number of carbonyl (C=O) groups excluding carboxylic acids is 3. The maximum absolute atomic E-state index is 13.1. The molecule has 164 valence electrons. The molecule has 0 radical (unpaired) electrons. The second-order valence-electron chi connectivity index (χ2n) is 10.3. The van der Waals surface area contributed by atoms with E-state index in [1.54, 1.807) is 25.1 Å². The summed E-state index contributed by atoms with van der Waals surface area (Å²) in [6, 6.07) is 3.23. The number of fused-ring (bicyclic) bond motifs is 5. The molecule has 5 heteroatoms. The van der Waals surface area contributed by atoms with Crippen molar-refractivity contribution in [2.45, 2.75) is 64.9 Å². The van der Waals surface area contributed by atoms with Gasteiger partial charge in [-0.1, -0.05) is 25.5 Å². The quantitative estimate of drug-likeness (QED) is 0.636. The zero-order valence-electron chi connectivity index (χ0n) is 18.5. The number of ether oxygens (including phenoxy) is 1. The molecule has 1 aromatic heterocycles. The van der Waals surface area contributed by atoms with Crippen LogP contribution in [0, 0.1) is 28.6 Å². The highest BCUT2D eigenvalue weighted by Gasteiger charge is 2.67. The summed E-state index contributed by atoms with van der Waals surface area (Å²) in [6.07, 6.45) is 12.3. The molecule has 0 saturated heterocycles. The highest BCUT2D eigenvalue weighted by molar-refractivity contribution is 6.01. The van der Waals surface area contributed by atoms with E-state index >= 15 is 0 Å². The summed E-state index contributed by atoms with van der Waals surface area (Å²) < 4.78 is 11.3. The Morgan fingerprint density at radius 2 is 1.90 bits per heavy atom. The Morgan fingerprint density at radius 1 is 1.13 bits per heavy atom. The summed E-state index contributed by atoms with van der Waals surface area (Å²) in [6.45, 7) is 5.99. The first-order chi connectivity index (χ1) is 14.7. The number of rotatable bonds is 3. The van der Waals surface area contributed by atoms with E-state index in [-0.39, 0.29) is 22.7 Å². The van der Waals surface area contributed by atoms with Crippen LogP contribution in [0.25, 0.3) is 0 Å². The van der Waals surface area contributed by atoms with Gasteiger partial charge in [-0.3, -0.25) is 9.59 Å². The fourth-order valence-corrected chi connectivity index (χ4v) is 7.62. The van der Waals surface area contributed by atoms with E-state index < -0.39 is 17.0 Å². The number of esters is 1. The number of ketones is 2. The number of hydrogen-bond donors (Lipinski definition) is 0. The summed E-state index contributed by atoms with van der Waals surface area (Å²) in [4.78, 5) is 37.8. The van der Waals surface area contributed by atoms with Crippen LogP contribution in [-0.2, 0) is 14.3 Å². The molecule has 6 atom stereocenters. The third-order valence-electron chi connectivity index (χ3n) is 9.23. The average molecular weight is 423 g/mol. The van der Waals surface area contributed by atoms with Crippen LogP contribution < -0.4 is 0 Å². The molecule has 0 amide bonds. The summed E-state index contributed by atoms with van der Waals surface area (Å²) in [7, 11) is 0. The van der Waals surface area contributed by atoms with Crippen LogP contribution in [0.1, 0.15) is 69.9 Å². The predicted molar refractivity (Wildman–Crippen MR) is 114 cm³/mol. The van der Waals surface area contributed by atoms with Crippen molar-refractivity contribution in [1.29, 1.82) is 0 Å². The van der Waals surface area contributed by atoms with Crippen molar-refractivity contribution in [2.75, 3.05) is 0 Å². The molecule has 0 N–H and O–H groups in total. The molecule has 0 bridgehead atoms. The minimum atomic E-state index is -1.11. The lowest BCUT2D eigenvalue weighted by Crippen LogP contribution is -2.58. The van der Waals surface area contributed by atoms with Gasteiger partial charge in [0.25, 0.3) is 0 Å². The van der Waals surface area contributed by atoms with Gasteiger partial charge in [0.15, 0.2) is 17.2 Å². The van der Waals surface area contributed by atoms with E-state index in [0.29, 0.717) is 24.2 Å². The normalized spacial score (nSPS) is 41.1. The maximum atomic E-state index is 13.1. The monoisotopic (exact) mass is 422 g/mol. The largest absolute Gasteiger partial charge is 0.457 e. The summed E-state index contributed by atoms with van der Waals surface area (Å²) in [5, 5.41) is 0. The third kappa shape index (κ3) is 2.71. The van der Waals surface area contributed by atoms with Crippen LogP contribution in [0.4, 0.5) is 0 Å². The standard InChI is InChI=1S/C26H30O5/c1-16(27)26(31-23(29)22-5-4-14-30-22)13-10-21-19-7-6-17-15-18(28)8-11-24(17,2)20(19)9-12-25(21,26)3/h4-5,8,11,14-15,19-21H,6-7,9-10,12-13H2,1-3H3/t19-,20+,21+,24+,25+,26+/m1/s1. The van der Waals surface area contributed by atoms with Crippen LogP contribution in [-0.4, -0.2) is 23.1 Å². The van der Waals surface area contributed by atoms with Gasteiger partial charge in [0, 0.05) is 10.8 Å². The Kier molecular flexibility index (Phi) is 4.48. The van der Waals surface area contributed by atoms with E-state index in [1.165, 1.54) is 11.8 Å². The van der Waals surface area contributed by atoms with Crippen molar-refractivity contribution in [3.63, 3.8) is 0 Å². The molecule has 1 aromatic rings. The molecule has 5 nitrogen and oxygen atoms in total. The number of carbonyl (C=O) groups is 3. The first-order valence-corrected chi connectivity index (χ1v) is 11.4. The van der Waals surface area contributed by atoms with Crippen molar-refractivity contribution >= 4 is 17.5 Å². The summed E-state index contributed by atoms with van der Waals surface area (Å²) in [5.74, 6) is 0.802. The van der Waals surface area contributed by atoms with Crippen molar-refractivity contribution < 1.29 is 23.5 Å². The zero-order chi connectivity index (χ0) is 22.0. The Balaban J connectivity index is 1.48. The number of furan rings is 1. The van der Waals surface area contributed by atoms with E-state index in [0.717, 1.165) is 32.1 Å². The van der Waals surface area contributed by atoms with Gasteiger partial charge < -0.3 is 9.15 Å². The molecule has 4 aliphatic carbocycles. The van der Waals surface area contributed by atoms with E-state index in [2.05, 4.69) is 19.9 Å². The van der Waals surface area contributed by atoms with Crippen molar-refractivity contribution in [2.24, 2.45) is 28.6 Å². The Labute approximate surface area is 182 Å². The number of Topliss-reactive ketones (excluding diaryl/α,β-unsaturated/α-hetero) is 1. The third-order valence-corrected chi connectivity index (χ3v) is 9.23. The van der Waals surface area contributed by atoms with Crippen LogP contribution in [0.15, 0.2) is 46.6 Å². The molecule has 3 saturated carbocycles. The second kappa shape index (κ2) is 6.78. The summed E-state index contributed by atoms with van der Waals surface area (Å²) in [5.41, 5.74) is -0.342. The maximum Gasteiger partial charge on any atom is 0.375 e. The lowest BCUT2D eigenvalue weighted by molar-refractivity contribution is -0.160. The van der Waals surface area contributed by atoms with E-state index in [1.807, 2.05) is 6.08 Å². The SMILES string of the molecule is CC(=O)[C@@]1(OC(=O)c2ccco2)CC[C@H]2[C@@H]3CCC4=CC(=O)C=C[C@]4(C)[C@H]3CC[C@@]21C. The molecular weight excluding hydrogens is 392 g/mol. The van der Waals surface area contributed by atoms with Crippen LogP contribution >= 0.6 is 0 Å². The molecule has 4 aliphatic rings. The Hall–Kier alpha value is -2.43. The Bertz CT molecular complexity index is 1000. The Morgan fingerprint density at radius 3 is 2.61 bits per heavy atom. The van der Waals surface area contributed by atoms with Crippen LogP contribution in [0.3, 0.4) is 0 Å². The fraction of sp³-hybridized carbons (Fsp3) is 0.577. The fourth-order valence-electron chi connectivity index (χ4n) is 7.62. The van der Waals surface area contributed by atoms with Crippen molar-refractivity contribution in [3.8, 4) is 0 Å². The molecule has 1 heterocycles. The number of hydrogen-bond acceptors (Lipinski definition) is 5. The van der Waals surface area contributed by atoms with E-state index in [4.69, 9.17) is 9.15 Å². The molecule has 3 fully saturated rings. The van der Waals surface area contributed by atoms with Gasteiger partial charge >= 0.3 is 5.97 Å². The van der Waals surface area contributed by atoms with Gasteiger partial charge in [-0.05, 0) is 87.5 Å². The first kappa shape index (κ1) is 20.5. The van der Waals surface area contributed by atoms with Gasteiger partial charge in [0.1, 0.15) is 0 Å². The van der Waals surface area contributed by atoms with Gasteiger partial charge in [0.05, 0.1) is 6.26 Å². The highest BCUT2D eigenvalue weighted by Crippen LogP contribution is 2.67. The molecule has 5 rings (SSSR count). The average Bonchev–Trinajstić information content (AvgIpc) is 3.36. The second-order valence-corrected chi connectivity index (χ2v) is 10.3. The van der Waals surface area contributed by atoms with Crippen LogP contribution in [0.5, 0.6) is 0 Å². The lowest BCUT2D eigenvalue weighted by atomic mass is 9.47. The molecule has 0 spiro atoms. The van der Waals surface area contributed by atoms with Gasteiger partial charge in [-0.25, -0.2) is 4.79 Å². The van der Waals surface area contributed by atoms with Gasteiger partial charge in [0.2, 0.25) is 5.76 Å². The number of allylic oxidation sites excluding steroid dienone is 4. The van der Waals surface area contributed by atoms with Gasteiger partial charge in [-0.2, -0.15) is 0 Å². The molecule has 31 heavy (non-hydrogen) atoms. The van der Waals surface area contributed by atoms with Crippen LogP contribution in [0.2, 0.25) is 0 Å². The van der Waals surface area contributed by atoms with E-state index in [9.17, 15) is 14.4 Å². The van der Waals surface area contributed by atoms with Crippen molar-refractivity contribution in [1.82, 2.24) is 0 Å². The zero-order valence-corrected chi connectivity index (χ0v) is 18.5. The van der Waals surface area contributed by atoms with Gasteiger partial charge in [-0.15, -0.1) is 0 Å². The van der Waals surface area contributed by atoms with Crippen molar-refractivity contribution in [3.05, 3.63) is 48.0 Å². The highest BCUT2D eigenvalue weighted by atomic mass is 16.6. The lowest BCUT2D eigenvalue weighted by Gasteiger charge is -2.58. The molecule has 0 aliphatic heterocycles. The molecular formula is C26H30O5. The minimum Gasteiger partial charge on any atom is -0.457 e. The molecule has 0 aromatic carbocycles. The molecule has 0 unspecified atom stereocenters. The summed E-state index contributed by atoms with van der Waals surface area (Å²) >= 11 is 0. The first-order valence-electron chi connectivity index (χ1n) is 11.4.